The number of thioether (sulfide) groups is 1. The second-order valence-corrected chi connectivity index (χ2v) is 9.06. The van der Waals surface area contributed by atoms with Gasteiger partial charge in [0.05, 0.1) is 27.0 Å². The van der Waals surface area contributed by atoms with Crippen LogP contribution in [-0.2, 0) is 0 Å². The molecule has 1 saturated heterocycles. The Balaban J connectivity index is 1.69. The molecular formula is C25H23N3O2S. The van der Waals surface area contributed by atoms with Crippen LogP contribution in [0.4, 0.5) is 0 Å². The zero-order valence-electron chi connectivity index (χ0n) is 17.2. The van der Waals surface area contributed by atoms with E-state index in [1.807, 2.05) is 54.6 Å². The summed E-state index contributed by atoms with van der Waals surface area (Å²) in [7, 11) is 0. The first-order valence-electron chi connectivity index (χ1n) is 10.2. The van der Waals surface area contributed by atoms with Crippen LogP contribution in [0.3, 0.4) is 0 Å². The van der Waals surface area contributed by atoms with Crippen molar-refractivity contribution in [1.82, 2.24) is 10.3 Å². The van der Waals surface area contributed by atoms with Crippen molar-refractivity contribution >= 4 is 17.5 Å². The van der Waals surface area contributed by atoms with Crippen molar-refractivity contribution < 1.29 is 9.53 Å². The van der Waals surface area contributed by atoms with Gasteiger partial charge in [-0.3, -0.25) is 4.79 Å². The smallest absolute Gasteiger partial charge is 0.184 e. The standard InChI is InChI=1S/C25H23N3O2S/c1-18-11-13-25(17-28-18,31-23-15-19(16-26)12-14-27-23)24(29)21-9-5-6-10-22(21)30-20-7-3-2-4-8-20/h2-10,12,14-15,18,28H,11,13,17H2,1H3/t18-,25-/m1/s1. The van der Waals surface area contributed by atoms with E-state index in [2.05, 4.69) is 23.3 Å². The number of benzene rings is 2. The number of nitrogens with one attached hydrogen (secondary N) is 1. The van der Waals surface area contributed by atoms with E-state index in [0.29, 0.717) is 46.7 Å². The Morgan fingerprint density at radius 1 is 1.19 bits per heavy atom. The van der Waals surface area contributed by atoms with Crippen molar-refractivity contribution in [2.75, 3.05) is 6.54 Å². The SMILES string of the molecule is C[C@@H]1CC[C@](Sc2cc(C#N)ccn2)(C(=O)c2ccccc2Oc2ccccc2)CN1. The predicted molar refractivity (Wildman–Crippen MR) is 122 cm³/mol. The van der Waals surface area contributed by atoms with E-state index in [9.17, 15) is 10.1 Å². The summed E-state index contributed by atoms with van der Waals surface area (Å²) >= 11 is 1.43. The van der Waals surface area contributed by atoms with Gasteiger partial charge >= 0.3 is 0 Å². The van der Waals surface area contributed by atoms with E-state index in [1.54, 1.807) is 18.3 Å². The molecule has 0 unspecified atom stereocenters. The number of para-hydroxylation sites is 2. The first-order chi connectivity index (χ1) is 15.1. The third-order valence-corrected chi connectivity index (χ3v) is 6.75. The predicted octanol–water partition coefficient (Wildman–Crippen LogP) is 5.23. The molecule has 1 fully saturated rings. The number of nitriles is 1. The summed E-state index contributed by atoms with van der Waals surface area (Å²) in [5, 5.41) is 13.4. The van der Waals surface area contributed by atoms with E-state index < -0.39 is 4.75 Å². The molecule has 1 aliphatic heterocycles. The molecule has 0 saturated carbocycles. The molecule has 0 radical (unpaired) electrons. The fourth-order valence-electron chi connectivity index (χ4n) is 3.65. The molecule has 1 aromatic heterocycles. The topological polar surface area (TPSA) is 75.0 Å². The van der Waals surface area contributed by atoms with Gasteiger partial charge in [-0.25, -0.2) is 4.98 Å². The monoisotopic (exact) mass is 429 g/mol. The van der Waals surface area contributed by atoms with E-state index in [-0.39, 0.29) is 5.78 Å². The first kappa shape index (κ1) is 21.1. The molecule has 156 valence electrons. The van der Waals surface area contributed by atoms with Gasteiger partial charge in [-0.05, 0) is 56.2 Å². The summed E-state index contributed by atoms with van der Waals surface area (Å²) in [6, 6.07) is 22.7. The molecule has 1 N–H and O–H groups in total. The number of ketones is 1. The number of aromatic nitrogens is 1. The number of rotatable bonds is 6. The van der Waals surface area contributed by atoms with Crippen molar-refractivity contribution in [2.45, 2.75) is 35.6 Å². The molecule has 6 heteroatoms. The first-order valence-corrected chi connectivity index (χ1v) is 11.1. The molecular weight excluding hydrogens is 406 g/mol. The summed E-state index contributed by atoms with van der Waals surface area (Å²) in [5.74, 6) is 1.23. The molecule has 0 bridgehead atoms. The summed E-state index contributed by atoms with van der Waals surface area (Å²) in [4.78, 5) is 18.4. The number of piperidine rings is 1. The van der Waals surface area contributed by atoms with Gasteiger partial charge in [0.15, 0.2) is 5.78 Å². The van der Waals surface area contributed by atoms with Crippen molar-refractivity contribution in [3.8, 4) is 17.6 Å². The minimum atomic E-state index is -0.732. The quantitative estimate of drug-likeness (QED) is 0.541. The highest BCUT2D eigenvalue weighted by Crippen LogP contribution is 2.42. The van der Waals surface area contributed by atoms with Gasteiger partial charge in [-0.1, -0.05) is 42.1 Å². The number of carbonyl (C=O) groups excluding carboxylic acids is 1. The average molecular weight is 430 g/mol. The number of hydrogen-bond acceptors (Lipinski definition) is 6. The Morgan fingerprint density at radius 3 is 2.71 bits per heavy atom. The van der Waals surface area contributed by atoms with Gasteiger partial charge in [0, 0.05) is 18.8 Å². The van der Waals surface area contributed by atoms with Crippen LogP contribution >= 0.6 is 11.8 Å². The molecule has 2 heterocycles. The Morgan fingerprint density at radius 2 is 1.97 bits per heavy atom. The summed E-state index contributed by atoms with van der Waals surface area (Å²) in [5.41, 5.74) is 1.08. The molecule has 2 atom stereocenters. The maximum Gasteiger partial charge on any atom is 0.184 e. The molecule has 0 amide bonds. The molecule has 5 nitrogen and oxygen atoms in total. The molecule has 1 aliphatic rings. The highest BCUT2D eigenvalue weighted by atomic mass is 32.2. The zero-order chi connectivity index (χ0) is 21.7. The normalized spacial score (nSPS) is 20.6. The van der Waals surface area contributed by atoms with Gasteiger partial charge in [-0.2, -0.15) is 5.26 Å². The molecule has 2 aromatic carbocycles. The highest BCUT2D eigenvalue weighted by molar-refractivity contribution is 8.01. The number of nitrogens with zero attached hydrogens (tertiary/aromatic N) is 2. The van der Waals surface area contributed by atoms with Crippen molar-refractivity contribution in [3.63, 3.8) is 0 Å². The van der Waals surface area contributed by atoms with Crippen LogP contribution in [-0.4, -0.2) is 28.1 Å². The maximum atomic E-state index is 14.0. The van der Waals surface area contributed by atoms with Crippen LogP contribution in [0, 0.1) is 11.3 Å². The van der Waals surface area contributed by atoms with Crippen molar-refractivity contribution in [2.24, 2.45) is 0 Å². The number of carbonyl (C=O) groups is 1. The summed E-state index contributed by atoms with van der Waals surface area (Å²) in [6.45, 7) is 2.65. The highest BCUT2D eigenvalue weighted by Gasteiger charge is 2.43. The second kappa shape index (κ2) is 9.34. The lowest BCUT2D eigenvalue weighted by atomic mass is 9.87. The van der Waals surface area contributed by atoms with Crippen molar-refractivity contribution in [1.29, 1.82) is 5.26 Å². The summed E-state index contributed by atoms with van der Waals surface area (Å²) < 4.78 is 5.33. The van der Waals surface area contributed by atoms with Gasteiger partial charge in [0.25, 0.3) is 0 Å². The van der Waals surface area contributed by atoms with E-state index >= 15 is 0 Å². The second-order valence-electron chi connectivity index (χ2n) is 7.65. The van der Waals surface area contributed by atoms with Crippen LogP contribution in [0.25, 0.3) is 0 Å². The van der Waals surface area contributed by atoms with Gasteiger partial charge < -0.3 is 10.1 Å². The van der Waals surface area contributed by atoms with Crippen LogP contribution in [0.15, 0.2) is 78.0 Å². The average Bonchev–Trinajstić information content (AvgIpc) is 2.81. The van der Waals surface area contributed by atoms with Gasteiger partial charge in [-0.15, -0.1) is 0 Å². The Hall–Kier alpha value is -3.14. The molecule has 0 aliphatic carbocycles. The van der Waals surface area contributed by atoms with Gasteiger partial charge in [0.1, 0.15) is 11.5 Å². The van der Waals surface area contributed by atoms with E-state index in [0.717, 1.165) is 6.42 Å². The molecule has 31 heavy (non-hydrogen) atoms. The van der Waals surface area contributed by atoms with Crippen molar-refractivity contribution in [3.05, 3.63) is 84.1 Å². The van der Waals surface area contributed by atoms with Gasteiger partial charge in [0.2, 0.25) is 0 Å². The fourth-order valence-corrected chi connectivity index (χ4v) is 4.92. The lowest BCUT2D eigenvalue weighted by molar-refractivity contribution is 0.0917. The Kier molecular flexibility index (Phi) is 6.36. The summed E-state index contributed by atoms with van der Waals surface area (Å²) in [6.07, 6.45) is 3.20. The molecule has 4 rings (SSSR count). The maximum absolute atomic E-state index is 14.0. The lowest BCUT2D eigenvalue weighted by Gasteiger charge is -2.38. The van der Waals surface area contributed by atoms with E-state index in [4.69, 9.17) is 4.74 Å². The lowest BCUT2D eigenvalue weighted by Crippen LogP contribution is -2.52. The number of ether oxygens (including phenoxy) is 1. The fraction of sp³-hybridized carbons (Fsp3) is 0.240. The minimum Gasteiger partial charge on any atom is -0.457 e. The Bertz CT molecular complexity index is 1100. The van der Waals surface area contributed by atoms with Crippen LogP contribution in [0.5, 0.6) is 11.5 Å². The number of pyridine rings is 1. The molecule has 3 aromatic rings. The molecule has 0 spiro atoms. The third kappa shape index (κ3) is 4.79. The van der Waals surface area contributed by atoms with Crippen LogP contribution < -0.4 is 10.1 Å². The van der Waals surface area contributed by atoms with Crippen LogP contribution in [0.1, 0.15) is 35.7 Å². The third-order valence-electron chi connectivity index (χ3n) is 5.40. The number of hydrogen-bond donors (Lipinski definition) is 1. The van der Waals surface area contributed by atoms with Crippen LogP contribution in [0.2, 0.25) is 0 Å². The Labute approximate surface area is 186 Å². The number of Topliss-reactive ketones (excluding diaryl/α,β-unsaturated/α-hetero) is 1. The largest absolute Gasteiger partial charge is 0.457 e. The van der Waals surface area contributed by atoms with E-state index in [1.165, 1.54) is 11.8 Å². The minimum absolute atomic E-state index is 0.00703. The zero-order valence-corrected chi connectivity index (χ0v) is 18.1.